The Morgan fingerprint density at radius 2 is 2.24 bits per heavy atom. The number of ketones is 1. The Kier molecular flexibility index (Phi) is 7.21. The summed E-state index contributed by atoms with van der Waals surface area (Å²) in [6.07, 6.45) is 9.56. The van der Waals surface area contributed by atoms with Gasteiger partial charge in [0.15, 0.2) is 5.83 Å². The van der Waals surface area contributed by atoms with Crippen LogP contribution in [0.15, 0.2) is 71.1 Å². The maximum atomic E-state index is 15.2. The van der Waals surface area contributed by atoms with Gasteiger partial charge in [-0.1, -0.05) is 38.1 Å². The molecule has 1 aliphatic carbocycles. The molecule has 1 fully saturated rings. The number of allylic oxidation sites excluding steroid dienone is 2. The van der Waals surface area contributed by atoms with Crippen molar-refractivity contribution in [2.45, 2.75) is 45.6 Å². The van der Waals surface area contributed by atoms with Crippen molar-refractivity contribution in [3.63, 3.8) is 0 Å². The van der Waals surface area contributed by atoms with E-state index in [2.05, 4.69) is 29.9 Å². The fraction of sp³-hybridized carbons (Fsp3) is 0.444. The maximum absolute atomic E-state index is 15.2. The molecule has 5 atom stereocenters. The molecular weight excluding hydrogens is 417 g/mol. The number of aliphatic imine (C=N–C) groups is 2. The highest BCUT2D eigenvalue weighted by Crippen LogP contribution is 2.42. The molecule has 5 nitrogen and oxygen atoms in total. The van der Waals surface area contributed by atoms with Gasteiger partial charge in [-0.2, -0.15) is 0 Å². The van der Waals surface area contributed by atoms with Gasteiger partial charge in [-0.05, 0) is 37.3 Å². The smallest absolute Gasteiger partial charge is 0.162 e. The monoisotopic (exact) mass is 449 g/mol. The van der Waals surface area contributed by atoms with Crippen molar-refractivity contribution in [2.24, 2.45) is 33.7 Å². The maximum Gasteiger partial charge on any atom is 0.162 e. The summed E-state index contributed by atoms with van der Waals surface area (Å²) >= 11 is 0. The van der Waals surface area contributed by atoms with Gasteiger partial charge in [0.05, 0.1) is 18.0 Å². The quantitative estimate of drug-likeness (QED) is 0.583. The summed E-state index contributed by atoms with van der Waals surface area (Å²) in [5.41, 5.74) is 1.25. The van der Waals surface area contributed by atoms with E-state index in [0.29, 0.717) is 37.4 Å². The van der Waals surface area contributed by atoms with Crippen LogP contribution in [-0.4, -0.2) is 30.0 Å². The standard InChI is InChI=1S/C27H32FN3O2/c1-4-18-14-19-8-7-13-33-21-10-6-9-20(15-21)30-27-17(3)11-12-23(22(28)16-29-27)31-26(19)25(18)24(32)5-2/h4,6-10,15-19,25-26H,1,5,11-14H2,2-3H3,(H,29,30)/b8-7?,22-16+,31-23?. The number of Topliss-reactive ketones (excluding diaryl/α,β-unsaturated/α-hetero) is 1. The molecule has 0 radical (unpaired) electrons. The van der Waals surface area contributed by atoms with E-state index in [-0.39, 0.29) is 35.5 Å². The van der Waals surface area contributed by atoms with Crippen LogP contribution in [0, 0.1) is 23.7 Å². The first-order valence-corrected chi connectivity index (χ1v) is 11.8. The average molecular weight is 450 g/mol. The summed E-state index contributed by atoms with van der Waals surface area (Å²) in [4.78, 5) is 22.2. The lowest BCUT2D eigenvalue weighted by Gasteiger charge is -2.23. The van der Waals surface area contributed by atoms with Crippen molar-refractivity contribution in [2.75, 3.05) is 11.9 Å². The minimum Gasteiger partial charge on any atom is -0.489 e. The van der Waals surface area contributed by atoms with Crippen LogP contribution >= 0.6 is 0 Å². The lowest BCUT2D eigenvalue weighted by molar-refractivity contribution is -0.123. The molecule has 5 unspecified atom stereocenters. The molecule has 6 heteroatoms. The molecule has 1 saturated carbocycles. The molecular formula is C27H32FN3O2. The molecule has 0 aromatic heterocycles. The SMILES string of the molecule is C=CC1CC2C=CCOc3cccc(c3)NC3=N/C=C(/F)C(=NC2C1C(=O)CC)CCC3C. The van der Waals surface area contributed by atoms with Gasteiger partial charge in [0, 0.05) is 35.9 Å². The zero-order chi connectivity index (χ0) is 23.4. The molecule has 0 saturated heterocycles. The van der Waals surface area contributed by atoms with E-state index in [1.807, 2.05) is 43.3 Å². The third-order valence-electron chi connectivity index (χ3n) is 6.85. The Balaban J connectivity index is 1.79. The fourth-order valence-corrected chi connectivity index (χ4v) is 4.98. The van der Waals surface area contributed by atoms with Crippen molar-refractivity contribution in [3.05, 3.63) is 61.1 Å². The Morgan fingerprint density at radius 1 is 1.39 bits per heavy atom. The zero-order valence-electron chi connectivity index (χ0n) is 19.3. The fourth-order valence-electron chi connectivity index (χ4n) is 4.98. The number of carbonyl (C=O) groups is 1. The number of anilines is 1. The molecule has 0 spiro atoms. The van der Waals surface area contributed by atoms with E-state index in [1.165, 1.54) is 6.20 Å². The topological polar surface area (TPSA) is 63.0 Å². The minimum absolute atomic E-state index is 0.0141. The third-order valence-corrected chi connectivity index (χ3v) is 6.85. The Labute approximate surface area is 195 Å². The summed E-state index contributed by atoms with van der Waals surface area (Å²) in [7, 11) is 0. The van der Waals surface area contributed by atoms with Crippen LogP contribution in [0.1, 0.15) is 39.5 Å². The largest absolute Gasteiger partial charge is 0.489 e. The van der Waals surface area contributed by atoms with Crippen molar-refractivity contribution < 1.29 is 13.9 Å². The van der Waals surface area contributed by atoms with Crippen molar-refractivity contribution >= 4 is 23.0 Å². The molecule has 33 heavy (non-hydrogen) atoms. The van der Waals surface area contributed by atoms with Crippen LogP contribution in [0.5, 0.6) is 5.75 Å². The number of rotatable bonds is 3. The molecule has 5 rings (SSSR count). The molecule has 4 aliphatic rings. The summed E-state index contributed by atoms with van der Waals surface area (Å²) in [6, 6.07) is 7.36. The van der Waals surface area contributed by atoms with Gasteiger partial charge < -0.3 is 10.1 Å². The van der Waals surface area contributed by atoms with Crippen LogP contribution < -0.4 is 10.1 Å². The molecule has 174 valence electrons. The average Bonchev–Trinajstić information content (AvgIpc) is 3.17. The number of hydrogen-bond donors (Lipinski definition) is 1. The summed E-state index contributed by atoms with van der Waals surface area (Å²) in [5.74, 6) is 1.00. The van der Waals surface area contributed by atoms with Crippen molar-refractivity contribution in [1.29, 1.82) is 0 Å². The van der Waals surface area contributed by atoms with E-state index >= 15 is 4.39 Å². The lowest BCUT2D eigenvalue weighted by Crippen LogP contribution is -2.30. The van der Waals surface area contributed by atoms with E-state index in [0.717, 1.165) is 17.9 Å². The number of nitrogens with one attached hydrogen (secondary N) is 1. The molecule has 1 N–H and O–H groups in total. The first kappa shape index (κ1) is 23.1. The Bertz CT molecular complexity index is 1030. The molecule has 0 amide bonds. The van der Waals surface area contributed by atoms with Crippen LogP contribution in [-0.2, 0) is 4.79 Å². The normalized spacial score (nSPS) is 31.1. The summed E-state index contributed by atoms with van der Waals surface area (Å²) in [5, 5.41) is 3.32. The van der Waals surface area contributed by atoms with E-state index in [9.17, 15) is 4.79 Å². The van der Waals surface area contributed by atoms with Gasteiger partial charge >= 0.3 is 0 Å². The second-order valence-corrected chi connectivity index (χ2v) is 9.03. The van der Waals surface area contributed by atoms with E-state index in [1.54, 1.807) is 0 Å². The Morgan fingerprint density at radius 3 is 3.03 bits per heavy atom. The van der Waals surface area contributed by atoms with Gasteiger partial charge in [-0.25, -0.2) is 9.38 Å². The van der Waals surface area contributed by atoms with E-state index < -0.39 is 5.83 Å². The highest BCUT2D eigenvalue weighted by Gasteiger charge is 2.44. The summed E-state index contributed by atoms with van der Waals surface area (Å²) < 4.78 is 21.1. The highest BCUT2D eigenvalue weighted by molar-refractivity contribution is 6.02. The highest BCUT2D eigenvalue weighted by atomic mass is 19.1. The first-order chi connectivity index (χ1) is 16.0. The predicted octanol–water partition coefficient (Wildman–Crippen LogP) is 5.91. The summed E-state index contributed by atoms with van der Waals surface area (Å²) in [6.45, 7) is 8.32. The predicted molar refractivity (Wildman–Crippen MR) is 132 cm³/mol. The second-order valence-electron chi connectivity index (χ2n) is 9.03. The molecule has 1 aromatic carbocycles. The Hall–Kier alpha value is -3.02. The number of halogens is 1. The van der Waals surface area contributed by atoms with Gasteiger partial charge in [-0.15, -0.1) is 6.58 Å². The lowest BCUT2D eigenvalue weighted by atomic mass is 9.87. The zero-order valence-corrected chi connectivity index (χ0v) is 19.3. The van der Waals surface area contributed by atoms with Crippen LogP contribution in [0.4, 0.5) is 10.1 Å². The number of carbonyl (C=O) groups excluding carboxylic acids is 1. The van der Waals surface area contributed by atoms with Crippen LogP contribution in [0.25, 0.3) is 0 Å². The van der Waals surface area contributed by atoms with Gasteiger partial charge in [0.25, 0.3) is 0 Å². The van der Waals surface area contributed by atoms with Crippen LogP contribution in [0.2, 0.25) is 0 Å². The molecule has 3 heterocycles. The molecule has 3 aliphatic heterocycles. The second kappa shape index (κ2) is 10.3. The minimum atomic E-state index is -0.433. The van der Waals surface area contributed by atoms with Gasteiger partial charge in [-0.3, -0.25) is 9.79 Å². The van der Waals surface area contributed by atoms with E-state index in [4.69, 9.17) is 9.73 Å². The van der Waals surface area contributed by atoms with Gasteiger partial charge in [0.2, 0.25) is 0 Å². The van der Waals surface area contributed by atoms with Crippen LogP contribution in [0.3, 0.4) is 0 Å². The number of fused-ring (bicyclic) bond motifs is 5. The molecule has 4 bridgehead atoms. The number of amidine groups is 1. The van der Waals surface area contributed by atoms with Gasteiger partial charge in [0.1, 0.15) is 24.0 Å². The number of nitrogens with zero attached hydrogens (tertiary/aromatic N) is 2. The number of ether oxygens (including phenoxy) is 1. The van der Waals surface area contributed by atoms with Crippen molar-refractivity contribution in [1.82, 2.24) is 0 Å². The third kappa shape index (κ3) is 5.15. The molecule has 1 aromatic rings. The number of benzene rings is 1. The number of hydrogen-bond acceptors (Lipinski definition) is 5. The first-order valence-electron chi connectivity index (χ1n) is 11.8. The van der Waals surface area contributed by atoms with Crippen molar-refractivity contribution in [3.8, 4) is 5.75 Å².